The highest BCUT2D eigenvalue weighted by atomic mass is 16.5. The molecule has 2 heterocycles. The molecule has 4 rings (SSSR count). The lowest BCUT2D eigenvalue weighted by Crippen LogP contribution is -2.51. The van der Waals surface area contributed by atoms with E-state index in [1.807, 2.05) is 31.2 Å². The second-order valence-electron chi connectivity index (χ2n) is 8.49. The topological polar surface area (TPSA) is 81.1 Å². The number of rotatable bonds is 6. The van der Waals surface area contributed by atoms with Gasteiger partial charge < -0.3 is 23.8 Å². The minimum Gasteiger partial charge on any atom is -0.497 e. The van der Waals surface area contributed by atoms with Crippen LogP contribution in [-0.4, -0.2) is 66.6 Å². The molecule has 0 spiro atoms. The van der Waals surface area contributed by atoms with Gasteiger partial charge in [-0.2, -0.15) is 0 Å². The average molecular weight is 476 g/mol. The van der Waals surface area contributed by atoms with E-state index in [-0.39, 0.29) is 22.9 Å². The molecular formula is C27H29N3O5. The van der Waals surface area contributed by atoms with Crippen molar-refractivity contribution in [2.24, 2.45) is 0 Å². The van der Waals surface area contributed by atoms with Crippen molar-refractivity contribution in [3.05, 3.63) is 93.4 Å². The summed E-state index contributed by atoms with van der Waals surface area (Å²) in [6.45, 7) is 3.81. The summed E-state index contributed by atoms with van der Waals surface area (Å²) in [5, 5.41) is 0. The van der Waals surface area contributed by atoms with Crippen molar-refractivity contribution < 1.29 is 19.1 Å². The van der Waals surface area contributed by atoms with Gasteiger partial charge in [-0.25, -0.2) is 0 Å². The number of methoxy groups -OCH3 is 2. The molecule has 0 unspecified atom stereocenters. The maximum absolute atomic E-state index is 13.2. The van der Waals surface area contributed by atoms with Crippen LogP contribution in [0.2, 0.25) is 0 Å². The van der Waals surface area contributed by atoms with Crippen molar-refractivity contribution in [2.75, 3.05) is 40.4 Å². The van der Waals surface area contributed by atoms with Crippen LogP contribution in [0.1, 0.15) is 31.8 Å². The van der Waals surface area contributed by atoms with Gasteiger partial charge in [0.25, 0.3) is 17.4 Å². The third kappa shape index (κ3) is 5.21. The second-order valence-corrected chi connectivity index (χ2v) is 8.49. The van der Waals surface area contributed by atoms with Crippen LogP contribution < -0.4 is 15.0 Å². The Bertz CT molecular complexity index is 1290. The SMILES string of the molecule is COc1ccc(C(=O)N2CCN(C(=O)c3cccn(Cc4cccc(C)c4)c3=O)CC2)c(OC)c1. The average Bonchev–Trinajstić information content (AvgIpc) is 2.89. The zero-order chi connectivity index (χ0) is 24.9. The predicted octanol–water partition coefficient (Wildman–Crippen LogP) is 2.82. The number of carbonyl (C=O) groups excluding carboxylic acids is 2. The maximum atomic E-state index is 13.2. The van der Waals surface area contributed by atoms with E-state index in [0.29, 0.717) is 49.8 Å². The Morgan fingerprint density at radius 1 is 0.829 bits per heavy atom. The molecule has 1 aromatic heterocycles. The van der Waals surface area contributed by atoms with Crippen LogP contribution in [0.5, 0.6) is 11.5 Å². The van der Waals surface area contributed by atoms with E-state index in [4.69, 9.17) is 9.47 Å². The second kappa shape index (κ2) is 10.5. The van der Waals surface area contributed by atoms with Gasteiger partial charge in [0, 0.05) is 38.4 Å². The number of ether oxygens (including phenoxy) is 2. The van der Waals surface area contributed by atoms with Gasteiger partial charge in [-0.15, -0.1) is 0 Å². The van der Waals surface area contributed by atoms with E-state index in [1.54, 1.807) is 58.0 Å². The summed E-state index contributed by atoms with van der Waals surface area (Å²) in [4.78, 5) is 42.6. The van der Waals surface area contributed by atoms with Gasteiger partial charge in [0.2, 0.25) is 0 Å². The predicted molar refractivity (Wildman–Crippen MR) is 132 cm³/mol. The lowest BCUT2D eigenvalue weighted by atomic mass is 10.1. The number of piperazine rings is 1. The molecule has 1 aliphatic heterocycles. The number of hydrogen-bond donors (Lipinski definition) is 0. The van der Waals surface area contributed by atoms with Crippen LogP contribution in [0, 0.1) is 6.92 Å². The van der Waals surface area contributed by atoms with E-state index in [1.165, 1.54) is 7.11 Å². The van der Waals surface area contributed by atoms with Gasteiger partial charge in [-0.05, 0) is 36.8 Å². The van der Waals surface area contributed by atoms with Crippen LogP contribution >= 0.6 is 0 Å². The number of aromatic nitrogens is 1. The van der Waals surface area contributed by atoms with Crippen molar-refractivity contribution >= 4 is 11.8 Å². The number of hydrogen-bond acceptors (Lipinski definition) is 5. The fourth-order valence-electron chi connectivity index (χ4n) is 4.26. The lowest BCUT2D eigenvalue weighted by Gasteiger charge is -2.35. The standard InChI is InChI=1S/C27H29N3O5/c1-19-6-4-7-20(16-19)18-30-11-5-8-23(27(30)33)26(32)29-14-12-28(13-15-29)25(31)22-10-9-21(34-2)17-24(22)35-3/h4-11,16-17H,12-15,18H2,1-3H3. The lowest BCUT2D eigenvalue weighted by molar-refractivity contribution is 0.0532. The van der Waals surface area contributed by atoms with E-state index in [2.05, 4.69) is 0 Å². The highest BCUT2D eigenvalue weighted by Gasteiger charge is 2.28. The molecule has 0 N–H and O–H groups in total. The third-order valence-electron chi connectivity index (χ3n) is 6.18. The molecule has 0 aliphatic carbocycles. The minimum atomic E-state index is -0.319. The highest BCUT2D eigenvalue weighted by Crippen LogP contribution is 2.26. The summed E-state index contributed by atoms with van der Waals surface area (Å²) >= 11 is 0. The summed E-state index contributed by atoms with van der Waals surface area (Å²) in [5.74, 6) is 0.551. The maximum Gasteiger partial charge on any atom is 0.263 e. The zero-order valence-corrected chi connectivity index (χ0v) is 20.2. The largest absolute Gasteiger partial charge is 0.497 e. The molecule has 35 heavy (non-hydrogen) atoms. The third-order valence-corrected chi connectivity index (χ3v) is 6.18. The first-order chi connectivity index (χ1) is 16.9. The van der Waals surface area contributed by atoms with Gasteiger partial charge in [0.05, 0.1) is 26.3 Å². The molecule has 0 radical (unpaired) electrons. The molecule has 2 amide bonds. The van der Waals surface area contributed by atoms with Crippen LogP contribution in [0.25, 0.3) is 0 Å². The van der Waals surface area contributed by atoms with Gasteiger partial charge in [-0.3, -0.25) is 14.4 Å². The number of nitrogens with zero attached hydrogens (tertiary/aromatic N) is 3. The molecule has 2 aromatic carbocycles. The molecule has 3 aromatic rings. The Kier molecular flexibility index (Phi) is 7.19. The summed E-state index contributed by atoms with van der Waals surface area (Å²) < 4.78 is 12.1. The van der Waals surface area contributed by atoms with Gasteiger partial charge in [-0.1, -0.05) is 29.8 Å². The Balaban J connectivity index is 1.44. The van der Waals surface area contributed by atoms with Gasteiger partial charge in [0.1, 0.15) is 17.1 Å². The molecule has 1 saturated heterocycles. The van der Waals surface area contributed by atoms with Gasteiger partial charge in [0.15, 0.2) is 0 Å². The zero-order valence-electron chi connectivity index (χ0n) is 20.2. The van der Waals surface area contributed by atoms with Crippen LogP contribution in [0.3, 0.4) is 0 Å². The van der Waals surface area contributed by atoms with E-state index in [9.17, 15) is 14.4 Å². The minimum absolute atomic E-state index is 0.136. The molecule has 1 fully saturated rings. The first-order valence-electron chi connectivity index (χ1n) is 11.5. The summed E-state index contributed by atoms with van der Waals surface area (Å²) in [6.07, 6.45) is 1.69. The fraction of sp³-hybridized carbons (Fsp3) is 0.296. The highest BCUT2D eigenvalue weighted by molar-refractivity contribution is 5.98. The molecular weight excluding hydrogens is 446 g/mol. The molecule has 0 atom stereocenters. The smallest absolute Gasteiger partial charge is 0.263 e. The van der Waals surface area contributed by atoms with Crippen LogP contribution in [-0.2, 0) is 6.54 Å². The molecule has 1 aliphatic rings. The first-order valence-corrected chi connectivity index (χ1v) is 11.5. The van der Waals surface area contributed by atoms with E-state index < -0.39 is 0 Å². The summed E-state index contributed by atoms with van der Waals surface area (Å²) in [5.41, 5.74) is 2.37. The first kappa shape index (κ1) is 24.1. The van der Waals surface area contributed by atoms with Crippen molar-refractivity contribution in [1.29, 1.82) is 0 Å². The van der Waals surface area contributed by atoms with E-state index in [0.717, 1.165) is 11.1 Å². The Morgan fingerprint density at radius 2 is 1.51 bits per heavy atom. The van der Waals surface area contributed by atoms with Crippen molar-refractivity contribution in [3.63, 3.8) is 0 Å². The molecule has 182 valence electrons. The molecule has 8 nitrogen and oxygen atoms in total. The normalized spacial score (nSPS) is 13.5. The Hall–Kier alpha value is -4.07. The number of aryl methyl sites for hydroxylation is 1. The van der Waals surface area contributed by atoms with Gasteiger partial charge >= 0.3 is 0 Å². The Morgan fingerprint density at radius 3 is 2.14 bits per heavy atom. The van der Waals surface area contributed by atoms with E-state index >= 15 is 0 Å². The van der Waals surface area contributed by atoms with Crippen molar-refractivity contribution in [1.82, 2.24) is 14.4 Å². The fourth-order valence-corrected chi connectivity index (χ4v) is 4.26. The van der Waals surface area contributed by atoms with Crippen LogP contribution in [0.15, 0.2) is 65.6 Å². The summed E-state index contributed by atoms with van der Waals surface area (Å²) in [7, 11) is 3.06. The molecule has 0 saturated carbocycles. The quantitative estimate of drug-likeness (QED) is 0.548. The van der Waals surface area contributed by atoms with Crippen LogP contribution in [0.4, 0.5) is 0 Å². The summed E-state index contributed by atoms with van der Waals surface area (Å²) in [6, 6.07) is 16.3. The number of pyridine rings is 1. The monoisotopic (exact) mass is 475 g/mol. The number of amides is 2. The van der Waals surface area contributed by atoms with Crippen molar-refractivity contribution in [2.45, 2.75) is 13.5 Å². The number of benzene rings is 2. The van der Waals surface area contributed by atoms with Crippen molar-refractivity contribution in [3.8, 4) is 11.5 Å². The Labute approximate surface area is 204 Å². The molecule has 8 heteroatoms. The number of carbonyl (C=O) groups is 2. The molecule has 0 bridgehead atoms.